The van der Waals surface area contributed by atoms with E-state index in [0.717, 1.165) is 12.3 Å². The summed E-state index contributed by atoms with van der Waals surface area (Å²) < 4.78 is 0. The molecule has 2 N–H and O–H groups in total. The molecular weight excluding hydrogens is 236 g/mol. The van der Waals surface area contributed by atoms with Crippen LogP contribution in [0.25, 0.3) is 0 Å². The molecule has 0 aliphatic heterocycles. The minimum Gasteiger partial charge on any atom is -0.508 e. The van der Waals surface area contributed by atoms with E-state index in [1.165, 1.54) is 24.0 Å². The molecule has 0 saturated heterocycles. The summed E-state index contributed by atoms with van der Waals surface area (Å²) >= 11 is 0. The van der Waals surface area contributed by atoms with Crippen LogP contribution in [-0.4, -0.2) is 10.2 Å². The Morgan fingerprint density at radius 2 is 1.37 bits per heavy atom. The van der Waals surface area contributed by atoms with E-state index in [2.05, 4.69) is 0 Å². The van der Waals surface area contributed by atoms with Crippen LogP contribution < -0.4 is 0 Å². The van der Waals surface area contributed by atoms with Crippen LogP contribution in [0.5, 0.6) is 11.5 Å². The van der Waals surface area contributed by atoms with E-state index in [1.807, 2.05) is 24.3 Å². The number of hydrogen-bond donors (Lipinski definition) is 2. The molecule has 1 fully saturated rings. The molecule has 1 unspecified atom stereocenters. The Bertz CT molecular complexity index is 538. The summed E-state index contributed by atoms with van der Waals surface area (Å²) in [6.45, 7) is 0. The predicted octanol–water partition coefficient (Wildman–Crippen LogP) is 3.83. The lowest BCUT2D eigenvalue weighted by Gasteiger charge is -2.17. The SMILES string of the molecule is Oc1ccc(CC(c2ccc(O)cc2)C2CC2)cc1. The van der Waals surface area contributed by atoms with Crippen molar-refractivity contribution in [1.82, 2.24) is 0 Å². The van der Waals surface area contributed by atoms with Crippen molar-refractivity contribution in [2.45, 2.75) is 25.2 Å². The minimum atomic E-state index is 0.316. The Morgan fingerprint density at radius 1 is 0.842 bits per heavy atom. The van der Waals surface area contributed by atoms with Gasteiger partial charge in [-0.05, 0) is 66.5 Å². The van der Waals surface area contributed by atoms with E-state index in [1.54, 1.807) is 24.3 Å². The maximum Gasteiger partial charge on any atom is 0.115 e. The number of phenols is 2. The van der Waals surface area contributed by atoms with Crippen molar-refractivity contribution >= 4 is 0 Å². The minimum absolute atomic E-state index is 0.316. The Labute approximate surface area is 113 Å². The Kier molecular flexibility index (Phi) is 3.16. The highest BCUT2D eigenvalue weighted by atomic mass is 16.3. The summed E-state index contributed by atoms with van der Waals surface area (Å²) in [5, 5.41) is 18.7. The molecular formula is C17H18O2. The third-order valence-electron chi connectivity index (χ3n) is 3.90. The van der Waals surface area contributed by atoms with Gasteiger partial charge in [0.2, 0.25) is 0 Å². The molecule has 2 heteroatoms. The van der Waals surface area contributed by atoms with Gasteiger partial charge in [-0.2, -0.15) is 0 Å². The molecule has 2 aromatic carbocycles. The van der Waals surface area contributed by atoms with Crippen LogP contribution in [0.4, 0.5) is 0 Å². The number of hydrogen-bond acceptors (Lipinski definition) is 2. The first kappa shape index (κ1) is 12.1. The molecule has 2 nitrogen and oxygen atoms in total. The fraction of sp³-hybridized carbons (Fsp3) is 0.294. The highest BCUT2D eigenvalue weighted by Crippen LogP contribution is 2.44. The number of rotatable bonds is 4. The van der Waals surface area contributed by atoms with Crippen LogP contribution >= 0.6 is 0 Å². The summed E-state index contributed by atoms with van der Waals surface area (Å²) in [6.07, 6.45) is 3.59. The van der Waals surface area contributed by atoms with Gasteiger partial charge in [0, 0.05) is 0 Å². The number of benzene rings is 2. The molecule has 1 aliphatic carbocycles. The van der Waals surface area contributed by atoms with Crippen molar-refractivity contribution in [3.63, 3.8) is 0 Å². The molecule has 0 radical (unpaired) electrons. The van der Waals surface area contributed by atoms with E-state index in [9.17, 15) is 10.2 Å². The van der Waals surface area contributed by atoms with Crippen LogP contribution in [-0.2, 0) is 6.42 Å². The highest BCUT2D eigenvalue weighted by molar-refractivity contribution is 5.32. The smallest absolute Gasteiger partial charge is 0.115 e. The number of phenolic OH excluding ortho intramolecular Hbond substituents is 2. The molecule has 0 aromatic heterocycles. The Balaban J connectivity index is 1.81. The third-order valence-corrected chi connectivity index (χ3v) is 3.90. The second-order valence-electron chi connectivity index (χ2n) is 5.41. The monoisotopic (exact) mass is 254 g/mol. The van der Waals surface area contributed by atoms with Crippen molar-refractivity contribution < 1.29 is 10.2 Å². The van der Waals surface area contributed by atoms with Gasteiger partial charge in [0.05, 0.1) is 0 Å². The van der Waals surface area contributed by atoms with Gasteiger partial charge >= 0.3 is 0 Å². The van der Waals surface area contributed by atoms with Crippen LogP contribution in [0.2, 0.25) is 0 Å². The van der Waals surface area contributed by atoms with Crippen LogP contribution in [0.1, 0.15) is 29.9 Å². The van der Waals surface area contributed by atoms with Crippen molar-refractivity contribution in [1.29, 1.82) is 0 Å². The first-order valence-electron chi connectivity index (χ1n) is 6.79. The lowest BCUT2D eigenvalue weighted by Crippen LogP contribution is -2.05. The average Bonchev–Trinajstić information content (AvgIpc) is 3.24. The Hall–Kier alpha value is -1.96. The normalized spacial score (nSPS) is 16.2. The second-order valence-corrected chi connectivity index (χ2v) is 5.41. The third kappa shape index (κ3) is 2.90. The molecule has 1 aliphatic rings. The fourth-order valence-electron chi connectivity index (χ4n) is 2.66. The first-order valence-corrected chi connectivity index (χ1v) is 6.79. The highest BCUT2D eigenvalue weighted by Gasteiger charge is 2.32. The zero-order valence-electron chi connectivity index (χ0n) is 10.8. The molecule has 98 valence electrons. The lowest BCUT2D eigenvalue weighted by atomic mass is 9.88. The van der Waals surface area contributed by atoms with Crippen molar-refractivity contribution in [3.8, 4) is 11.5 Å². The predicted molar refractivity (Wildman–Crippen MR) is 75.4 cm³/mol. The zero-order chi connectivity index (χ0) is 13.2. The van der Waals surface area contributed by atoms with Crippen LogP contribution in [0.3, 0.4) is 0 Å². The number of aromatic hydroxyl groups is 2. The largest absolute Gasteiger partial charge is 0.508 e. The van der Waals surface area contributed by atoms with Gasteiger partial charge in [0.15, 0.2) is 0 Å². The average molecular weight is 254 g/mol. The topological polar surface area (TPSA) is 40.5 Å². The van der Waals surface area contributed by atoms with Crippen molar-refractivity contribution in [2.75, 3.05) is 0 Å². The molecule has 1 saturated carbocycles. The lowest BCUT2D eigenvalue weighted by molar-refractivity contribution is 0.473. The summed E-state index contributed by atoms with van der Waals surface area (Å²) in [6, 6.07) is 15.1. The summed E-state index contributed by atoms with van der Waals surface area (Å²) in [5.74, 6) is 1.92. The van der Waals surface area contributed by atoms with Gasteiger partial charge < -0.3 is 10.2 Å². The van der Waals surface area contributed by atoms with E-state index >= 15 is 0 Å². The maximum absolute atomic E-state index is 9.39. The molecule has 2 aromatic rings. The quantitative estimate of drug-likeness (QED) is 0.870. The van der Waals surface area contributed by atoms with Crippen molar-refractivity contribution in [3.05, 3.63) is 59.7 Å². The van der Waals surface area contributed by atoms with Gasteiger partial charge in [0.1, 0.15) is 11.5 Å². The van der Waals surface area contributed by atoms with Gasteiger partial charge in [-0.25, -0.2) is 0 Å². The molecule has 1 atom stereocenters. The molecule has 0 heterocycles. The summed E-state index contributed by atoms with van der Waals surface area (Å²) in [5.41, 5.74) is 2.55. The van der Waals surface area contributed by atoms with E-state index in [0.29, 0.717) is 17.4 Å². The summed E-state index contributed by atoms with van der Waals surface area (Å²) in [4.78, 5) is 0. The van der Waals surface area contributed by atoms with Crippen LogP contribution in [0, 0.1) is 5.92 Å². The first-order chi connectivity index (χ1) is 9.22. The summed E-state index contributed by atoms with van der Waals surface area (Å²) in [7, 11) is 0. The van der Waals surface area contributed by atoms with E-state index in [-0.39, 0.29) is 0 Å². The standard InChI is InChI=1S/C17H18O2/c18-15-7-1-12(2-8-15)11-17(13-3-4-13)14-5-9-16(19)10-6-14/h1-2,5-10,13,17-19H,3-4,11H2. The zero-order valence-corrected chi connectivity index (χ0v) is 10.8. The molecule has 0 bridgehead atoms. The van der Waals surface area contributed by atoms with E-state index in [4.69, 9.17) is 0 Å². The second kappa shape index (κ2) is 4.96. The fourth-order valence-corrected chi connectivity index (χ4v) is 2.66. The van der Waals surface area contributed by atoms with Gasteiger partial charge in [-0.1, -0.05) is 24.3 Å². The van der Waals surface area contributed by atoms with Gasteiger partial charge in [-0.3, -0.25) is 0 Å². The van der Waals surface area contributed by atoms with Gasteiger partial charge in [-0.15, -0.1) is 0 Å². The molecule has 0 amide bonds. The van der Waals surface area contributed by atoms with Crippen LogP contribution in [0.15, 0.2) is 48.5 Å². The van der Waals surface area contributed by atoms with Gasteiger partial charge in [0.25, 0.3) is 0 Å². The Morgan fingerprint density at radius 3 is 1.89 bits per heavy atom. The molecule has 0 spiro atoms. The molecule has 19 heavy (non-hydrogen) atoms. The molecule has 3 rings (SSSR count). The van der Waals surface area contributed by atoms with E-state index < -0.39 is 0 Å². The van der Waals surface area contributed by atoms with Crippen molar-refractivity contribution in [2.24, 2.45) is 5.92 Å². The maximum atomic E-state index is 9.39.